The molecule has 1 atom stereocenters. The number of imidazole rings is 2. The summed E-state index contributed by atoms with van der Waals surface area (Å²) in [5, 5.41) is 13.8. The van der Waals surface area contributed by atoms with Crippen molar-refractivity contribution >= 4 is 22.8 Å². The van der Waals surface area contributed by atoms with Crippen LogP contribution in [0.3, 0.4) is 0 Å². The summed E-state index contributed by atoms with van der Waals surface area (Å²) in [6.45, 7) is 0.299. The molecule has 0 aliphatic rings. The van der Waals surface area contributed by atoms with E-state index in [2.05, 4.69) is 20.3 Å². The lowest BCUT2D eigenvalue weighted by atomic mass is 9.98. The fourth-order valence-electron chi connectivity index (χ4n) is 3.17. The van der Waals surface area contributed by atoms with Gasteiger partial charge in [0.05, 0.1) is 23.4 Å². The maximum Gasteiger partial charge on any atom is 0.381 e. The quantitative estimate of drug-likeness (QED) is 0.371. The lowest BCUT2D eigenvalue weighted by Crippen LogP contribution is -2.29. The van der Waals surface area contributed by atoms with E-state index in [4.69, 9.17) is 0 Å². The molecule has 0 aliphatic carbocycles. The number of aryl methyl sites for hydroxylation is 1. The third-order valence-corrected chi connectivity index (χ3v) is 4.62. The SMILES string of the molecule is O=C(CCn1cnc([N+](=O)[O-])c1)N[C@@H](c1ccccc1)c1ccc2nc[nH]c2c1. The predicted octanol–water partition coefficient (Wildman–Crippen LogP) is 2.96. The van der Waals surface area contributed by atoms with Crippen molar-refractivity contribution in [3.8, 4) is 0 Å². The van der Waals surface area contributed by atoms with E-state index in [1.807, 2.05) is 48.5 Å². The van der Waals surface area contributed by atoms with Crippen LogP contribution in [0.5, 0.6) is 0 Å². The van der Waals surface area contributed by atoms with E-state index >= 15 is 0 Å². The van der Waals surface area contributed by atoms with Crippen LogP contribution < -0.4 is 5.32 Å². The van der Waals surface area contributed by atoms with E-state index in [0.29, 0.717) is 6.54 Å². The Kier molecular flexibility index (Phi) is 5.02. The van der Waals surface area contributed by atoms with Gasteiger partial charge in [-0.2, -0.15) is 0 Å². The zero-order valence-electron chi connectivity index (χ0n) is 15.4. The van der Waals surface area contributed by atoms with E-state index < -0.39 is 4.92 Å². The molecule has 1 amide bonds. The molecule has 0 spiro atoms. The molecule has 146 valence electrons. The summed E-state index contributed by atoms with van der Waals surface area (Å²) in [6, 6.07) is 15.2. The van der Waals surface area contributed by atoms with Crippen molar-refractivity contribution < 1.29 is 9.72 Å². The van der Waals surface area contributed by atoms with Gasteiger partial charge in [0, 0.05) is 13.0 Å². The molecule has 2 aromatic carbocycles. The third-order valence-electron chi connectivity index (χ3n) is 4.62. The van der Waals surface area contributed by atoms with Crippen LogP contribution in [0, 0.1) is 10.1 Å². The highest BCUT2D eigenvalue weighted by Gasteiger charge is 2.18. The standard InChI is InChI=1S/C20H18N6O3/c27-19(8-9-25-11-18(23-13-25)26(28)29)24-20(14-4-2-1-3-5-14)15-6-7-16-17(10-15)22-12-21-16/h1-7,10-13,20H,8-9H2,(H,21,22)(H,24,27)/t20-/m0/s1. The number of nitro groups is 1. The molecule has 9 nitrogen and oxygen atoms in total. The van der Waals surface area contributed by atoms with Crippen molar-refractivity contribution in [3.05, 3.63) is 88.6 Å². The van der Waals surface area contributed by atoms with Gasteiger partial charge in [0.1, 0.15) is 6.20 Å². The first kappa shape index (κ1) is 18.4. The van der Waals surface area contributed by atoms with Crippen LogP contribution in [0.25, 0.3) is 11.0 Å². The molecular weight excluding hydrogens is 372 g/mol. The summed E-state index contributed by atoms with van der Waals surface area (Å²) < 4.78 is 1.53. The Labute approximate surface area is 165 Å². The Morgan fingerprint density at radius 1 is 1.17 bits per heavy atom. The molecule has 4 rings (SSSR count). The molecule has 0 radical (unpaired) electrons. The van der Waals surface area contributed by atoms with Gasteiger partial charge in [-0.05, 0) is 33.2 Å². The van der Waals surface area contributed by atoms with E-state index in [1.165, 1.54) is 17.1 Å². The van der Waals surface area contributed by atoms with Gasteiger partial charge in [-0.3, -0.25) is 4.79 Å². The lowest BCUT2D eigenvalue weighted by molar-refractivity contribution is -0.389. The minimum Gasteiger partial charge on any atom is -0.358 e. The van der Waals surface area contributed by atoms with Crippen molar-refractivity contribution in [2.45, 2.75) is 19.0 Å². The van der Waals surface area contributed by atoms with Crippen molar-refractivity contribution in [3.63, 3.8) is 0 Å². The number of nitrogens with zero attached hydrogens (tertiary/aromatic N) is 4. The number of hydrogen-bond acceptors (Lipinski definition) is 5. The molecule has 29 heavy (non-hydrogen) atoms. The third kappa shape index (κ3) is 4.13. The number of nitrogens with one attached hydrogen (secondary N) is 2. The van der Waals surface area contributed by atoms with Crippen LogP contribution in [-0.2, 0) is 11.3 Å². The highest BCUT2D eigenvalue weighted by Crippen LogP contribution is 2.24. The predicted molar refractivity (Wildman–Crippen MR) is 106 cm³/mol. The lowest BCUT2D eigenvalue weighted by Gasteiger charge is -2.20. The van der Waals surface area contributed by atoms with E-state index in [-0.39, 0.29) is 24.2 Å². The summed E-state index contributed by atoms with van der Waals surface area (Å²) in [7, 11) is 0. The molecule has 0 aliphatic heterocycles. The van der Waals surface area contributed by atoms with Crippen LogP contribution >= 0.6 is 0 Å². The average molecular weight is 390 g/mol. The minimum atomic E-state index is -0.562. The van der Waals surface area contributed by atoms with Crippen molar-refractivity contribution in [2.24, 2.45) is 0 Å². The van der Waals surface area contributed by atoms with Gasteiger partial charge >= 0.3 is 5.82 Å². The number of fused-ring (bicyclic) bond motifs is 1. The molecule has 2 aromatic heterocycles. The van der Waals surface area contributed by atoms with Crippen LogP contribution in [0.4, 0.5) is 5.82 Å². The van der Waals surface area contributed by atoms with Gasteiger partial charge in [0.15, 0.2) is 0 Å². The molecule has 0 fully saturated rings. The Morgan fingerprint density at radius 3 is 2.76 bits per heavy atom. The van der Waals surface area contributed by atoms with Gasteiger partial charge in [0.2, 0.25) is 12.2 Å². The first-order valence-corrected chi connectivity index (χ1v) is 9.03. The van der Waals surface area contributed by atoms with E-state index in [1.54, 1.807) is 6.33 Å². The molecule has 9 heteroatoms. The number of hydrogen-bond donors (Lipinski definition) is 2. The first-order valence-electron chi connectivity index (χ1n) is 9.03. The first-order chi connectivity index (χ1) is 14.1. The highest BCUT2D eigenvalue weighted by atomic mass is 16.6. The second-order valence-electron chi connectivity index (χ2n) is 6.57. The molecule has 2 heterocycles. The monoisotopic (exact) mass is 390 g/mol. The number of benzene rings is 2. The second-order valence-corrected chi connectivity index (χ2v) is 6.57. The summed E-state index contributed by atoms with van der Waals surface area (Å²) in [6.07, 6.45) is 4.47. The van der Waals surface area contributed by atoms with Crippen LogP contribution in [0.1, 0.15) is 23.6 Å². The Bertz CT molecular complexity index is 1150. The zero-order valence-corrected chi connectivity index (χ0v) is 15.4. The second kappa shape index (κ2) is 7.93. The smallest absolute Gasteiger partial charge is 0.358 e. The summed E-state index contributed by atoms with van der Waals surface area (Å²) >= 11 is 0. The maximum absolute atomic E-state index is 12.6. The van der Waals surface area contributed by atoms with Gasteiger partial charge in [-0.1, -0.05) is 36.4 Å². The normalized spacial score (nSPS) is 12.0. The molecule has 0 saturated carbocycles. The number of H-pyrrole nitrogens is 1. The van der Waals surface area contributed by atoms with Crippen LogP contribution in [-0.4, -0.2) is 30.3 Å². The van der Waals surface area contributed by atoms with Gasteiger partial charge in [0.25, 0.3) is 0 Å². The Balaban J connectivity index is 1.51. The van der Waals surface area contributed by atoms with Crippen molar-refractivity contribution in [1.82, 2.24) is 24.8 Å². The Hall–Kier alpha value is -4.01. The fourth-order valence-corrected chi connectivity index (χ4v) is 3.17. The average Bonchev–Trinajstić information content (AvgIpc) is 3.40. The number of carbonyl (C=O) groups excluding carboxylic acids is 1. The zero-order chi connectivity index (χ0) is 20.2. The van der Waals surface area contributed by atoms with E-state index in [0.717, 1.165) is 22.2 Å². The maximum atomic E-state index is 12.6. The number of aromatic nitrogens is 4. The van der Waals surface area contributed by atoms with Gasteiger partial charge in [-0.15, -0.1) is 0 Å². The van der Waals surface area contributed by atoms with Gasteiger partial charge < -0.3 is 25.0 Å². The van der Waals surface area contributed by atoms with Crippen molar-refractivity contribution in [1.29, 1.82) is 0 Å². The largest absolute Gasteiger partial charge is 0.381 e. The number of rotatable bonds is 7. The highest BCUT2D eigenvalue weighted by molar-refractivity contribution is 5.78. The molecular formula is C20H18N6O3. The summed E-state index contributed by atoms with van der Waals surface area (Å²) in [5.41, 5.74) is 3.63. The Morgan fingerprint density at radius 2 is 2.00 bits per heavy atom. The molecule has 0 unspecified atom stereocenters. The van der Waals surface area contributed by atoms with Gasteiger partial charge in [-0.25, -0.2) is 4.98 Å². The molecule has 2 N–H and O–H groups in total. The summed E-state index contributed by atoms with van der Waals surface area (Å²) in [4.78, 5) is 33.8. The molecule has 0 bridgehead atoms. The topological polar surface area (TPSA) is 119 Å². The molecule has 0 saturated heterocycles. The molecule has 4 aromatic rings. The van der Waals surface area contributed by atoms with E-state index in [9.17, 15) is 14.9 Å². The minimum absolute atomic E-state index is 0.167. The van der Waals surface area contributed by atoms with Crippen molar-refractivity contribution in [2.75, 3.05) is 0 Å². The number of carbonyl (C=O) groups is 1. The number of amides is 1. The summed E-state index contributed by atoms with van der Waals surface area (Å²) in [5.74, 6) is -0.402. The number of aromatic amines is 1. The van der Waals surface area contributed by atoms with Crippen LogP contribution in [0.15, 0.2) is 67.4 Å². The van der Waals surface area contributed by atoms with Crippen LogP contribution in [0.2, 0.25) is 0 Å². The fraction of sp³-hybridized carbons (Fsp3) is 0.150.